The van der Waals surface area contributed by atoms with Crippen molar-refractivity contribution < 1.29 is 39.2 Å². The van der Waals surface area contributed by atoms with Crippen LogP contribution in [0, 0.1) is 0 Å². The van der Waals surface area contributed by atoms with E-state index in [9.17, 15) is 24.6 Å². The van der Waals surface area contributed by atoms with Crippen LogP contribution in [0.1, 0.15) is 6.42 Å². The van der Waals surface area contributed by atoms with E-state index in [2.05, 4.69) is 9.47 Å². The Labute approximate surface area is 90.4 Å². The summed E-state index contributed by atoms with van der Waals surface area (Å²) in [5.74, 6) is -4.39. The lowest BCUT2D eigenvalue weighted by Gasteiger charge is -2.25. The van der Waals surface area contributed by atoms with Gasteiger partial charge in [0, 0.05) is 0 Å². The van der Waals surface area contributed by atoms with Crippen LogP contribution in [0.15, 0.2) is 0 Å². The Morgan fingerprint density at radius 3 is 2.06 bits per heavy atom. The van der Waals surface area contributed by atoms with Gasteiger partial charge in [0.05, 0.1) is 20.6 Å². The first kappa shape index (κ1) is 14.3. The van der Waals surface area contributed by atoms with Crippen LogP contribution in [0.3, 0.4) is 0 Å². The van der Waals surface area contributed by atoms with Gasteiger partial charge in [0.15, 0.2) is 6.10 Å². The van der Waals surface area contributed by atoms with Crippen molar-refractivity contribution in [3.05, 3.63) is 0 Å². The highest BCUT2D eigenvalue weighted by Gasteiger charge is 2.50. The SMILES string of the molecule is COC(=O)CC(O)(C(=O)O)C(O)C(=O)OC. The number of carboxylic acid groups (broad SMARTS) is 1. The molecular formula is C8H12O8. The monoisotopic (exact) mass is 236 g/mol. The zero-order valence-electron chi connectivity index (χ0n) is 8.67. The van der Waals surface area contributed by atoms with Crippen LogP contribution < -0.4 is 0 Å². The van der Waals surface area contributed by atoms with Crippen LogP contribution in [0.5, 0.6) is 0 Å². The zero-order valence-corrected chi connectivity index (χ0v) is 8.67. The second-order valence-corrected chi connectivity index (χ2v) is 2.91. The van der Waals surface area contributed by atoms with Gasteiger partial charge in [-0.25, -0.2) is 9.59 Å². The molecule has 0 saturated heterocycles. The van der Waals surface area contributed by atoms with Gasteiger partial charge in [-0.05, 0) is 0 Å². The molecule has 16 heavy (non-hydrogen) atoms. The van der Waals surface area contributed by atoms with Gasteiger partial charge in [-0.15, -0.1) is 0 Å². The van der Waals surface area contributed by atoms with Crippen molar-refractivity contribution in [1.82, 2.24) is 0 Å². The minimum atomic E-state index is -2.97. The zero-order chi connectivity index (χ0) is 12.9. The number of ether oxygens (including phenoxy) is 2. The summed E-state index contributed by atoms with van der Waals surface area (Å²) in [6.07, 6.45) is -3.45. The molecule has 0 fully saturated rings. The Hall–Kier alpha value is -1.67. The van der Waals surface area contributed by atoms with E-state index in [4.69, 9.17) is 5.11 Å². The number of carboxylic acids is 1. The normalized spacial score (nSPS) is 15.8. The van der Waals surface area contributed by atoms with E-state index >= 15 is 0 Å². The molecule has 0 aromatic carbocycles. The van der Waals surface area contributed by atoms with E-state index in [0.717, 1.165) is 14.2 Å². The molecule has 0 rings (SSSR count). The third-order valence-corrected chi connectivity index (χ3v) is 1.89. The molecule has 0 spiro atoms. The van der Waals surface area contributed by atoms with E-state index in [1.165, 1.54) is 0 Å². The molecule has 0 heterocycles. The Morgan fingerprint density at radius 1 is 1.25 bits per heavy atom. The van der Waals surface area contributed by atoms with Gasteiger partial charge in [0.2, 0.25) is 5.60 Å². The van der Waals surface area contributed by atoms with Gasteiger partial charge in [0.1, 0.15) is 0 Å². The van der Waals surface area contributed by atoms with E-state index in [0.29, 0.717) is 0 Å². The average molecular weight is 236 g/mol. The summed E-state index contributed by atoms with van der Waals surface area (Å²) in [7, 11) is 1.86. The summed E-state index contributed by atoms with van der Waals surface area (Å²) in [5, 5.41) is 27.4. The maximum absolute atomic E-state index is 10.9. The van der Waals surface area contributed by atoms with Gasteiger partial charge in [0.25, 0.3) is 0 Å². The van der Waals surface area contributed by atoms with Crippen LogP contribution in [0.4, 0.5) is 0 Å². The summed E-state index contributed by atoms with van der Waals surface area (Å²) >= 11 is 0. The van der Waals surface area contributed by atoms with Crippen LogP contribution in [0.25, 0.3) is 0 Å². The van der Waals surface area contributed by atoms with Crippen molar-refractivity contribution in [2.45, 2.75) is 18.1 Å². The van der Waals surface area contributed by atoms with Crippen LogP contribution in [-0.4, -0.2) is 59.2 Å². The number of methoxy groups -OCH3 is 2. The highest BCUT2D eigenvalue weighted by atomic mass is 16.5. The highest BCUT2D eigenvalue weighted by Crippen LogP contribution is 2.18. The molecule has 0 bridgehead atoms. The molecule has 0 aromatic heterocycles. The number of rotatable bonds is 5. The molecule has 2 atom stereocenters. The van der Waals surface area contributed by atoms with Crippen LogP contribution >= 0.6 is 0 Å². The number of aliphatic hydroxyl groups is 2. The first-order valence-corrected chi connectivity index (χ1v) is 4.08. The molecular weight excluding hydrogens is 224 g/mol. The number of hydrogen-bond donors (Lipinski definition) is 3. The third-order valence-electron chi connectivity index (χ3n) is 1.89. The van der Waals surface area contributed by atoms with E-state index < -0.39 is 36.0 Å². The average Bonchev–Trinajstić information content (AvgIpc) is 2.26. The van der Waals surface area contributed by atoms with Gasteiger partial charge >= 0.3 is 17.9 Å². The number of aliphatic hydroxyl groups excluding tert-OH is 1. The number of esters is 2. The summed E-state index contributed by atoms with van der Waals surface area (Å²) < 4.78 is 8.19. The van der Waals surface area contributed by atoms with Crippen molar-refractivity contribution >= 4 is 17.9 Å². The Kier molecular flexibility index (Phi) is 4.86. The molecule has 0 aliphatic heterocycles. The lowest BCUT2D eigenvalue weighted by Crippen LogP contribution is -2.54. The number of carbonyl (C=O) groups is 3. The molecule has 0 aliphatic carbocycles. The van der Waals surface area contributed by atoms with E-state index in [-0.39, 0.29) is 0 Å². The van der Waals surface area contributed by atoms with Gasteiger partial charge in [-0.2, -0.15) is 0 Å². The minimum Gasteiger partial charge on any atom is -0.479 e. The topological polar surface area (TPSA) is 130 Å². The second kappa shape index (κ2) is 5.42. The number of hydrogen-bond acceptors (Lipinski definition) is 7. The van der Waals surface area contributed by atoms with Crippen molar-refractivity contribution in [3.63, 3.8) is 0 Å². The third kappa shape index (κ3) is 2.91. The Balaban J connectivity index is 5.03. The molecule has 8 nitrogen and oxygen atoms in total. The quantitative estimate of drug-likeness (QED) is 0.462. The smallest absolute Gasteiger partial charge is 0.339 e. The fourth-order valence-corrected chi connectivity index (χ4v) is 0.888. The van der Waals surface area contributed by atoms with Crippen LogP contribution in [0.2, 0.25) is 0 Å². The first-order chi connectivity index (χ1) is 7.29. The first-order valence-electron chi connectivity index (χ1n) is 4.08. The lowest BCUT2D eigenvalue weighted by molar-refractivity contribution is -0.189. The molecule has 3 N–H and O–H groups in total. The summed E-state index contributed by atoms with van der Waals surface area (Å²) in [5.41, 5.74) is -2.97. The predicted octanol–water partition coefficient (Wildman–Crippen LogP) is -2.10. The van der Waals surface area contributed by atoms with Crippen molar-refractivity contribution in [1.29, 1.82) is 0 Å². The van der Waals surface area contributed by atoms with Crippen molar-refractivity contribution in [2.75, 3.05) is 14.2 Å². The Bertz CT molecular complexity index is 298. The predicted molar refractivity (Wildman–Crippen MR) is 47.2 cm³/mol. The summed E-state index contributed by atoms with van der Waals surface area (Å²) in [6, 6.07) is 0. The van der Waals surface area contributed by atoms with Crippen molar-refractivity contribution in [2.24, 2.45) is 0 Å². The fraction of sp³-hybridized carbons (Fsp3) is 0.625. The van der Waals surface area contributed by atoms with Gasteiger partial charge in [-0.3, -0.25) is 4.79 Å². The maximum atomic E-state index is 10.9. The molecule has 0 saturated carbocycles. The molecule has 0 aliphatic rings. The van der Waals surface area contributed by atoms with Crippen LogP contribution in [-0.2, 0) is 23.9 Å². The van der Waals surface area contributed by atoms with Gasteiger partial charge < -0.3 is 24.8 Å². The number of carbonyl (C=O) groups excluding carboxylic acids is 2. The number of aliphatic carboxylic acids is 1. The fourth-order valence-electron chi connectivity index (χ4n) is 0.888. The summed E-state index contributed by atoms with van der Waals surface area (Å²) in [6.45, 7) is 0. The second-order valence-electron chi connectivity index (χ2n) is 2.91. The van der Waals surface area contributed by atoms with Crippen molar-refractivity contribution in [3.8, 4) is 0 Å². The summed E-state index contributed by atoms with van der Waals surface area (Å²) in [4.78, 5) is 32.4. The Morgan fingerprint density at radius 2 is 1.75 bits per heavy atom. The highest BCUT2D eigenvalue weighted by molar-refractivity contribution is 5.91. The molecule has 8 heteroatoms. The standard InChI is InChI=1S/C8H12O8/c1-15-4(9)3-8(14,7(12)13)5(10)6(11)16-2/h5,10,14H,3H2,1-2H3,(H,12,13). The maximum Gasteiger partial charge on any atom is 0.339 e. The van der Waals surface area contributed by atoms with E-state index in [1.54, 1.807) is 0 Å². The van der Waals surface area contributed by atoms with E-state index in [1.807, 2.05) is 0 Å². The molecule has 92 valence electrons. The molecule has 0 aromatic rings. The molecule has 0 amide bonds. The largest absolute Gasteiger partial charge is 0.479 e. The molecule has 2 unspecified atom stereocenters. The minimum absolute atomic E-state index is 0.895. The lowest BCUT2D eigenvalue weighted by atomic mass is 9.93. The van der Waals surface area contributed by atoms with Gasteiger partial charge in [-0.1, -0.05) is 0 Å². The molecule has 0 radical (unpaired) electrons.